The number of rotatable bonds is 11. The molecule has 0 spiro atoms. The van der Waals surface area contributed by atoms with Crippen molar-refractivity contribution in [2.75, 3.05) is 37.0 Å². The van der Waals surface area contributed by atoms with Crippen LogP contribution < -0.4 is 10.2 Å². The number of halogens is 1. The first-order chi connectivity index (χ1) is 16.5. The Labute approximate surface area is 210 Å². The van der Waals surface area contributed by atoms with Gasteiger partial charge in [0.05, 0.1) is 10.9 Å². The second-order valence-corrected chi connectivity index (χ2v) is 9.04. The second kappa shape index (κ2) is 14.0. The van der Waals surface area contributed by atoms with E-state index in [4.69, 9.17) is 13.6 Å². The van der Waals surface area contributed by atoms with Crippen LogP contribution in [0.4, 0.5) is 10.2 Å². The van der Waals surface area contributed by atoms with Crippen LogP contribution in [0, 0.1) is 5.82 Å². The van der Waals surface area contributed by atoms with Crippen LogP contribution in [0.1, 0.15) is 49.0 Å². The summed E-state index contributed by atoms with van der Waals surface area (Å²) in [4.78, 5) is 19.7. The summed E-state index contributed by atoms with van der Waals surface area (Å²) >= 11 is 4.83. The minimum Gasteiger partial charge on any atom is -0.437 e. The minimum absolute atomic E-state index is 0.253. The maximum atomic E-state index is 13.4. The highest BCUT2D eigenvalue weighted by molar-refractivity contribution is 7.99. The van der Waals surface area contributed by atoms with Crippen molar-refractivity contribution in [2.45, 2.75) is 39.5 Å². The predicted octanol–water partition coefficient (Wildman–Crippen LogP) is 5.58. The first kappa shape index (κ1) is 27.7. The summed E-state index contributed by atoms with van der Waals surface area (Å²) in [5.74, 6) is 3.03. The van der Waals surface area contributed by atoms with Gasteiger partial charge in [-0.2, -0.15) is 21.0 Å². The highest BCUT2D eigenvalue weighted by Crippen LogP contribution is 2.35. The number of fused-ring (bicyclic) bond motifs is 1. The van der Waals surface area contributed by atoms with E-state index in [1.807, 2.05) is 24.9 Å². The van der Waals surface area contributed by atoms with E-state index >= 15 is 0 Å². The number of furan rings is 1. The number of pyridine rings is 1. The number of aryl methyl sites for hydroxylation is 1. The van der Waals surface area contributed by atoms with Gasteiger partial charge in [0.2, 0.25) is 5.71 Å². The zero-order valence-corrected chi connectivity index (χ0v) is 21.8. The molecule has 34 heavy (non-hydrogen) atoms. The number of aromatic nitrogens is 1. The van der Waals surface area contributed by atoms with Gasteiger partial charge in [-0.25, -0.2) is 4.39 Å². The molecule has 3 rings (SSSR count). The Kier molecular flexibility index (Phi) is 11.4. The molecular weight excluding hydrogens is 473 g/mol. The third-order valence-electron chi connectivity index (χ3n) is 5.47. The van der Waals surface area contributed by atoms with E-state index in [9.17, 15) is 9.18 Å². The van der Waals surface area contributed by atoms with Crippen LogP contribution in [0.25, 0.3) is 22.4 Å². The van der Waals surface area contributed by atoms with Crippen LogP contribution in [-0.2, 0) is 19.0 Å². The quantitative estimate of drug-likeness (QED) is 0.341. The first-order valence-electron chi connectivity index (χ1n) is 11.4. The molecule has 9 heteroatoms. The van der Waals surface area contributed by atoms with Crippen molar-refractivity contribution in [3.05, 3.63) is 47.3 Å². The lowest BCUT2D eigenvalue weighted by molar-refractivity contribution is 0.0964. The van der Waals surface area contributed by atoms with Crippen molar-refractivity contribution in [2.24, 2.45) is 0 Å². The third-order valence-corrected chi connectivity index (χ3v) is 6.62. The molecule has 1 N–H and O–H groups in total. The molecule has 2 aromatic heterocycles. The van der Waals surface area contributed by atoms with Crippen molar-refractivity contribution in [3.8, 4) is 11.3 Å². The molecule has 0 bridgehead atoms. The molecule has 1 aromatic carbocycles. The predicted molar refractivity (Wildman–Crippen MR) is 140 cm³/mol. The van der Waals surface area contributed by atoms with Crippen LogP contribution in [0.15, 0.2) is 34.7 Å². The summed E-state index contributed by atoms with van der Waals surface area (Å²) in [6, 6.07) is 7.95. The van der Waals surface area contributed by atoms with Gasteiger partial charge in [-0.15, -0.1) is 0 Å². The molecule has 2 heterocycles. The fourth-order valence-electron chi connectivity index (χ4n) is 3.66. The largest absolute Gasteiger partial charge is 0.437 e. The Balaban J connectivity index is 0.00000199. The number of carbonyl (C=O) groups is 1. The number of thioether (sulfide) groups is 1. The van der Waals surface area contributed by atoms with Gasteiger partial charge in [0, 0.05) is 26.2 Å². The molecule has 0 saturated heterocycles. The average molecular weight is 506 g/mol. The molecule has 1 amide bonds. The monoisotopic (exact) mass is 505 g/mol. The van der Waals surface area contributed by atoms with Gasteiger partial charge in [0.25, 0.3) is 5.91 Å². The number of anilines is 1. The highest BCUT2D eigenvalue weighted by atomic mass is 32.2. The molecule has 0 radical (unpaired) electrons. The first-order valence-corrected chi connectivity index (χ1v) is 12.9. The lowest BCUT2D eigenvalue weighted by Crippen LogP contribution is -2.22. The molecule has 0 fully saturated rings. The summed E-state index contributed by atoms with van der Waals surface area (Å²) in [5, 5.41) is 3.37. The van der Waals surface area contributed by atoms with E-state index in [2.05, 4.69) is 36.6 Å². The third kappa shape index (κ3) is 6.76. The van der Waals surface area contributed by atoms with Crippen LogP contribution in [0.2, 0.25) is 0 Å². The lowest BCUT2D eigenvalue weighted by Gasteiger charge is -2.20. The van der Waals surface area contributed by atoms with E-state index in [-0.39, 0.29) is 11.7 Å². The summed E-state index contributed by atoms with van der Waals surface area (Å²) in [6.45, 7) is 5.20. The molecule has 3 aromatic rings. The Morgan fingerprint density at radius 2 is 1.85 bits per heavy atom. The summed E-state index contributed by atoms with van der Waals surface area (Å²) in [7, 11) is 3.64. The second-order valence-electron chi connectivity index (χ2n) is 7.81. The molecule has 0 aliphatic heterocycles. The highest BCUT2D eigenvalue weighted by Gasteiger charge is 2.24. The zero-order valence-electron chi connectivity index (χ0n) is 20.2. The molecule has 0 atom stereocenters. The Morgan fingerprint density at radius 1 is 1.18 bits per heavy atom. The van der Waals surface area contributed by atoms with Gasteiger partial charge in [0.15, 0.2) is 12.5 Å². The van der Waals surface area contributed by atoms with Crippen molar-refractivity contribution < 1.29 is 17.8 Å². The molecule has 0 aliphatic carbocycles. The van der Waals surface area contributed by atoms with Crippen LogP contribution in [0.3, 0.4) is 0 Å². The maximum Gasteiger partial charge on any atom is 0.255 e. The van der Waals surface area contributed by atoms with Crippen molar-refractivity contribution >= 4 is 47.1 Å². The standard InChI is InChI=1S/C25H32FN3O2S.OS/c1-5-7-14-32-15-8-13-29(4)23-17(6-2)16-20-21(24(30)27-3)22(31-25(20)28-23)18-9-11-19(26)12-10-18;1-2/h9-12,16H,5-8,13-15H2,1-4H3,(H,27,30);. The van der Waals surface area contributed by atoms with E-state index in [0.29, 0.717) is 28.0 Å². The Morgan fingerprint density at radius 3 is 2.47 bits per heavy atom. The fraction of sp³-hybridized carbons (Fsp3) is 0.440. The van der Waals surface area contributed by atoms with Crippen LogP contribution >= 0.6 is 11.8 Å². The number of hydrogen-bond acceptors (Lipinski definition) is 7. The molecule has 6 nitrogen and oxygen atoms in total. The Hall–Kier alpha value is -2.52. The molecule has 0 aliphatic rings. The van der Waals surface area contributed by atoms with Crippen molar-refractivity contribution in [3.63, 3.8) is 0 Å². The summed E-state index contributed by atoms with van der Waals surface area (Å²) in [6.07, 6.45) is 4.37. The number of nitrogens with zero attached hydrogens (tertiary/aromatic N) is 2. The number of benzene rings is 1. The minimum atomic E-state index is -0.338. The van der Waals surface area contributed by atoms with Gasteiger partial charge in [-0.1, -0.05) is 20.3 Å². The van der Waals surface area contributed by atoms with Gasteiger partial charge in [-0.05, 0) is 66.7 Å². The normalized spacial score (nSPS) is 10.6. The van der Waals surface area contributed by atoms with Crippen molar-refractivity contribution in [1.29, 1.82) is 0 Å². The molecule has 0 saturated carbocycles. The molecular formula is C25H32FN3O3S2. The number of amides is 1. The summed E-state index contributed by atoms with van der Waals surface area (Å²) in [5.41, 5.74) is 2.55. The maximum absolute atomic E-state index is 13.4. The number of nitrogens with one attached hydrogen (secondary N) is 1. The number of carbonyl (C=O) groups excluding carboxylic acids is 1. The number of hydrogen-bond donors (Lipinski definition) is 1. The van der Waals surface area contributed by atoms with Gasteiger partial charge >= 0.3 is 0 Å². The van der Waals surface area contributed by atoms with E-state index < -0.39 is 0 Å². The zero-order chi connectivity index (χ0) is 25.1. The van der Waals surface area contributed by atoms with Crippen LogP contribution in [0.5, 0.6) is 0 Å². The summed E-state index contributed by atoms with van der Waals surface area (Å²) < 4.78 is 27.3. The smallest absolute Gasteiger partial charge is 0.255 e. The lowest BCUT2D eigenvalue weighted by atomic mass is 10.0. The van der Waals surface area contributed by atoms with Crippen molar-refractivity contribution in [1.82, 2.24) is 10.3 Å². The van der Waals surface area contributed by atoms with Gasteiger partial charge in [-0.3, -0.25) is 4.79 Å². The van der Waals surface area contributed by atoms with Crippen LogP contribution in [-0.4, -0.2) is 47.2 Å². The fourth-order valence-corrected chi connectivity index (χ4v) is 4.69. The van der Waals surface area contributed by atoms with Gasteiger partial charge in [0.1, 0.15) is 17.4 Å². The topological polar surface area (TPSA) is 75.4 Å². The molecule has 0 unspecified atom stereocenters. The number of unbranched alkanes of at least 4 members (excludes halogenated alkanes) is 1. The van der Waals surface area contributed by atoms with E-state index in [1.165, 1.54) is 30.7 Å². The average Bonchev–Trinajstić information content (AvgIpc) is 3.24. The van der Waals surface area contributed by atoms with Gasteiger partial charge < -0.3 is 14.6 Å². The SMILES string of the molecule is CCCCSCCCN(C)c1nc2oc(-c3ccc(F)cc3)c(C(=O)NC)c2cc1CC.O=S. The van der Waals surface area contributed by atoms with E-state index in [1.54, 1.807) is 19.2 Å². The molecule has 184 valence electrons. The Bertz CT molecular complexity index is 1070. The van der Waals surface area contributed by atoms with E-state index in [0.717, 1.165) is 36.5 Å².